The molecule has 0 unspecified atom stereocenters. The van der Waals surface area contributed by atoms with Crippen molar-refractivity contribution in [2.24, 2.45) is 7.05 Å². The van der Waals surface area contributed by atoms with Gasteiger partial charge < -0.3 is 4.57 Å². The van der Waals surface area contributed by atoms with Crippen LogP contribution in [0.4, 0.5) is 0 Å². The Morgan fingerprint density at radius 3 is 2.76 bits per heavy atom. The number of nitrogens with zero attached hydrogens (tertiary/aromatic N) is 3. The third-order valence-electron chi connectivity index (χ3n) is 2.35. The fraction of sp³-hybridized carbons (Fsp3) is 0.182. The second-order valence-corrected chi connectivity index (χ2v) is 4.94. The fourth-order valence-electron chi connectivity index (χ4n) is 1.28. The lowest BCUT2D eigenvalue weighted by Gasteiger charge is -2.04. The van der Waals surface area contributed by atoms with E-state index >= 15 is 0 Å². The first-order chi connectivity index (χ1) is 8.11. The summed E-state index contributed by atoms with van der Waals surface area (Å²) in [6.07, 6.45) is 0.789. The summed E-state index contributed by atoms with van der Waals surface area (Å²) in [5.41, 5.74) is 0.558. The van der Waals surface area contributed by atoms with E-state index in [2.05, 4.69) is 10.2 Å². The van der Waals surface area contributed by atoms with Crippen molar-refractivity contribution in [2.75, 3.05) is 0 Å². The highest BCUT2D eigenvalue weighted by Gasteiger charge is 2.10. The molecule has 2 rings (SSSR count). The number of aryl methyl sites for hydroxylation is 1. The molecule has 0 aliphatic rings. The molecular weight excluding hydrogens is 258 g/mol. The molecule has 0 N–H and O–H groups in total. The fourth-order valence-corrected chi connectivity index (χ4v) is 2.37. The maximum Gasteiger partial charge on any atom is 0.195 e. The molecule has 0 saturated carbocycles. The monoisotopic (exact) mass is 267 g/mol. The van der Waals surface area contributed by atoms with E-state index in [0.29, 0.717) is 10.6 Å². The first-order valence-electron chi connectivity index (χ1n) is 4.90. The van der Waals surface area contributed by atoms with Gasteiger partial charge in [-0.05, 0) is 36.9 Å². The maximum absolute atomic E-state index is 10.9. The van der Waals surface area contributed by atoms with Crippen molar-refractivity contribution in [3.63, 3.8) is 0 Å². The van der Waals surface area contributed by atoms with Crippen molar-refractivity contribution in [3.8, 4) is 0 Å². The minimum absolute atomic E-state index is 0.547. The van der Waals surface area contributed by atoms with E-state index in [-0.39, 0.29) is 0 Å². The SMILES string of the molecule is Cc1nnc(Sc2ccc(Cl)cc2C=O)n1C. The average molecular weight is 268 g/mol. The molecule has 0 radical (unpaired) electrons. The van der Waals surface area contributed by atoms with Gasteiger partial charge in [-0.2, -0.15) is 0 Å². The molecule has 0 spiro atoms. The van der Waals surface area contributed by atoms with Gasteiger partial charge in [0, 0.05) is 22.5 Å². The summed E-state index contributed by atoms with van der Waals surface area (Å²) in [6, 6.07) is 5.20. The summed E-state index contributed by atoms with van der Waals surface area (Å²) in [5, 5.41) is 9.29. The number of aldehydes is 1. The number of benzene rings is 1. The largest absolute Gasteiger partial charge is 0.309 e. The Morgan fingerprint density at radius 2 is 2.18 bits per heavy atom. The molecule has 0 aliphatic carbocycles. The van der Waals surface area contributed by atoms with Crippen LogP contribution in [0.2, 0.25) is 5.02 Å². The number of halogens is 1. The Labute approximate surface area is 108 Å². The van der Waals surface area contributed by atoms with Crippen molar-refractivity contribution in [1.29, 1.82) is 0 Å². The molecule has 4 nitrogen and oxygen atoms in total. The normalized spacial score (nSPS) is 10.5. The van der Waals surface area contributed by atoms with Crippen LogP contribution < -0.4 is 0 Å². The zero-order valence-corrected chi connectivity index (χ0v) is 10.9. The van der Waals surface area contributed by atoms with Crippen LogP contribution in [0.1, 0.15) is 16.2 Å². The van der Waals surface area contributed by atoms with Gasteiger partial charge in [-0.25, -0.2) is 0 Å². The molecular formula is C11H10ClN3OS. The predicted molar refractivity (Wildman–Crippen MR) is 66.7 cm³/mol. The third kappa shape index (κ3) is 2.50. The van der Waals surface area contributed by atoms with Crippen molar-refractivity contribution in [1.82, 2.24) is 14.8 Å². The number of carbonyl (C=O) groups is 1. The van der Waals surface area contributed by atoms with E-state index in [1.165, 1.54) is 11.8 Å². The van der Waals surface area contributed by atoms with Crippen molar-refractivity contribution < 1.29 is 4.79 Å². The second-order valence-electron chi connectivity index (χ2n) is 3.49. The zero-order valence-electron chi connectivity index (χ0n) is 9.35. The van der Waals surface area contributed by atoms with E-state index in [1.54, 1.807) is 18.2 Å². The molecule has 6 heteroatoms. The Hall–Kier alpha value is -1.33. The summed E-state index contributed by atoms with van der Waals surface area (Å²) in [5.74, 6) is 0.828. The van der Waals surface area contributed by atoms with Gasteiger partial charge in [-0.3, -0.25) is 4.79 Å². The first kappa shape index (κ1) is 12.1. The van der Waals surface area contributed by atoms with Crippen LogP contribution in [-0.4, -0.2) is 21.1 Å². The highest BCUT2D eigenvalue weighted by Crippen LogP contribution is 2.30. The van der Waals surface area contributed by atoms with Gasteiger partial charge in [0.1, 0.15) is 5.82 Å². The van der Waals surface area contributed by atoms with Gasteiger partial charge >= 0.3 is 0 Å². The summed E-state index contributed by atoms with van der Waals surface area (Å²) < 4.78 is 1.87. The molecule has 1 heterocycles. The Morgan fingerprint density at radius 1 is 1.41 bits per heavy atom. The van der Waals surface area contributed by atoms with Crippen molar-refractivity contribution in [3.05, 3.63) is 34.6 Å². The Kier molecular flexibility index (Phi) is 3.49. The quantitative estimate of drug-likeness (QED) is 0.803. The smallest absolute Gasteiger partial charge is 0.195 e. The second kappa shape index (κ2) is 4.89. The van der Waals surface area contributed by atoms with Crippen molar-refractivity contribution in [2.45, 2.75) is 17.0 Å². The number of hydrogen-bond donors (Lipinski definition) is 0. The summed E-state index contributed by atoms with van der Waals surface area (Å²) >= 11 is 7.23. The first-order valence-corrected chi connectivity index (χ1v) is 6.10. The molecule has 17 heavy (non-hydrogen) atoms. The van der Waals surface area contributed by atoms with Gasteiger partial charge in [-0.1, -0.05) is 11.6 Å². The molecule has 0 atom stereocenters. The molecule has 0 bridgehead atoms. The van der Waals surface area contributed by atoms with Gasteiger partial charge in [0.05, 0.1) is 0 Å². The lowest BCUT2D eigenvalue weighted by atomic mass is 10.2. The topological polar surface area (TPSA) is 47.8 Å². The van der Waals surface area contributed by atoms with Gasteiger partial charge in [0.25, 0.3) is 0 Å². The molecule has 88 valence electrons. The van der Waals surface area contributed by atoms with Crippen LogP contribution in [0.5, 0.6) is 0 Å². The van der Waals surface area contributed by atoms with E-state index < -0.39 is 0 Å². The lowest BCUT2D eigenvalue weighted by molar-refractivity contribution is 0.112. The molecule has 2 aromatic rings. The average Bonchev–Trinajstić information content (AvgIpc) is 2.63. The van der Waals surface area contributed by atoms with E-state index in [0.717, 1.165) is 22.2 Å². The summed E-state index contributed by atoms with van der Waals surface area (Å²) in [6.45, 7) is 1.87. The van der Waals surface area contributed by atoms with Crippen LogP contribution in [0.15, 0.2) is 28.3 Å². The van der Waals surface area contributed by atoms with Crippen LogP contribution in [0.25, 0.3) is 0 Å². The summed E-state index contributed by atoms with van der Waals surface area (Å²) in [7, 11) is 1.88. The highest BCUT2D eigenvalue weighted by molar-refractivity contribution is 7.99. The highest BCUT2D eigenvalue weighted by atomic mass is 35.5. The lowest BCUT2D eigenvalue weighted by Crippen LogP contribution is -1.94. The van der Waals surface area contributed by atoms with Gasteiger partial charge in [0.2, 0.25) is 0 Å². The van der Waals surface area contributed by atoms with Gasteiger partial charge in [0.15, 0.2) is 11.4 Å². The standard InChI is InChI=1S/C11H10ClN3OS/c1-7-13-14-11(15(7)2)17-10-4-3-9(12)5-8(10)6-16/h3-6H,1-2H3. The molecule has 0 aliphatic heterocycles. The van der Waals surface area contributed by atoms with Crippen LogP contribution in [0.3, 0.4) is 0 Å². The van der Waals surface area contributed by atoms with Crippen LogP contribution in [-0.2, 0) is 7.05 Å². The van der Waals surface area contributed by atoms with E-state index in [1.807, 2.05) is 18.5 Å². The van der Waals surface area contributed by atoms with Gasteiger partial charge in [-0.15, -0.1) is 10.2 Å². The van der Waals surface area contributed by atoms with Crippen LogP contribution in [0, 0.1) is 6.92 Å². The van der Waals surface area contributed by atoms with Crippen LogP contribution >= 0.6 is 23.4 Å². The number of rotatable bonds is 3. The van der Waals surface area contributed by atoms with Crippen molar-refractivity contribution >= 4 is 29.6 Å². The van der Waals surface area contributed by atoms with E-state index in [9.17, 15) is 4.79 Å². The molecule has 0 fully saturated rings. The Balaban J connectivity index is 2.36. The molecule has 1 aromatic carbocycles. The Bertz CT molecular complexity index is 568. The number of aromatic nitrogens is 3. The number of hydrogen-bond acceptors (Lipinski definition) is 4. The minimum atomic E-state index is 0.547. The predicted octanol–water partition coefficient (Wildman–Crippen LogP) is 2.74. The number of carbonyl (C=O) groups excluding carboxylic acids is 1. The summed E-state index contributed by atoms with van der Waals surface area (Å²) in [4.78, 5) is 11.8. The maximum atomic E-state index is 10.9. The third-order valence-corrected chi connectivity index (χ3v) is 3.72. The molecule has 0 amide bonds. The molecule has 0 saturated heterocycles. The van der Waals surface area contributed by atoms with E-state index in [4.69, 9.17) is 11.6 Å². The molecule has 1 aromatic heterocycles. The zero-order chi connectivity index (χ0) is 12.4. The minimum Gasteiger partial charge on any atom is -0.309 e.